The molecule has 1 aromatic carbocycles. The van der Waals surface area contributed by atoms with Crippen molar-refractivity contribution < 1.29 is 0 Å². The maximum atomic E-state index is 4.50. The topological polar surface area (TPSA) is 42.7 Å². The minimum Gasteiger partial charge on any atom is -0.313 e. The first-order valence-electron chi connectivity index (χ1n) is 5.71. The molecule has 3 rings (SSSR count). The second-order valence-electron chi connectivity index (χ2n) is 4.15. The van der Waals surface area contributed by atoms with Gasteiger partial charge in [0.2, 0.25) is 0 Å². The van der Waals surface area contributed by atoms with Crippen molar-refractivity contribution in [3.05, 3.63) is 34.3 Å². The lowest BCUT2D eigenvalue weighted by Gasteiger charge is -2.12. The second kappa shape index (κ2) is 4.58. The number of nitrogens with one attached hydrogen (secondary N) is 1. The van der Waals surface area contributed by atoms with Gasteiger partial charge in [0.25, 0.3) is 0 Å². The highest BCUT2D eigenvalue weighted by molar-refractivity contribution is 9.10. The quantitative estimate of drug-likeness (QED) is 0.862. The van der Waals surface area contributed by atoms with Crippen LogP contribution in [0.3, 0.4) is 0 Å². The molecular weight excluding hydrogens is 280 g/mol. The summed E-state index contributed by atoms with van der Waals surface area (Å²) in [5.74, 6) is 0. The number of hydrogen-bond donors (Lipinski definition) is 1. The molecule has 0 atom stereocenters. The van der Waals surface area contributed by atoms with Gasteiger partial charge in [0.15, 0.2) is 0 Å². The van der Waals surface area contributed by atoms with E-state index < -0.39 is 0 Å². The van der Waals surface area contributed by atoms with Gasteiger partial charge < -0.3 is 5.32 Å². The first-order valence-corrected chi connectivity index (χ1v) is 6.50. The van der Waals surface area contributed by atoms with Crippen LogP contribution in [0, 0.1) is 0 Å². The number of halogens is 1. The average Bonchev–Trinajstić information content (AvgIpc) is 2.74. The maximum absolute atomic E-state index is 4.50. The van der Waals surface area contributed by atoms with Gasteiger partial charge in [0, 0.05) is 11.0 Å². The Kier molecular flexibility index (Phi) is 2.94. The number of benzene rings is 1. The van der Waals surface area contributed by atoms with E-state index in [4.69, 9.17) is 0 Å². The summed E-state index contributed by atoms with van der Waals surface area (Å²) in [6.45, 7) is 2.80. The molecule has 4 nitrogen and oxygen atoms in total. The average molecular weight is 293 g/mol. The zero-order valence-corrected chi connectivity index (χ0v) is 10.9. The van der Waals surface area contributed by atoms with Crippen molar-refractivity contribution in [3.63, 3.8) is 0 Å². The first-order chi connectivity index (χ1) is 8.33. The monoisotopic (exact) mass is 292 g/mol. The van der Waals surface area contributed by atoms with E-state index >= 15 is 0 Å². The Bertz CT molecular complexity index is 573. The summed E-state index contributed by atoms with van der Waals surface area (Å²) in [6, 6.07) is 5.96. The summed E-state index contributed by atoms with van der Waals surface area (Å²) in [7, 11) is 0. The fourth-order valence-corrected chi connectivity index (χ4v) is 2.45. The van der Waals surface area contributed by atoms with Crippen LogP contribution in [0.15, 0.2) is 34.3 Å². The molecule has 0 saturated carbocycles. The summed E-state index contributed by atoms with van der Waals surface area (Å²) >= 11 is 3.49. The molecule has 2 aromatic rings. The Morgan fingerprint density at radius 3 is 3.06 bits per heavy atom. The molecule has 0 amide bonds. The van der Waals surface area contributed by atoms with Crippen LogP contribution in [0.25, 0.3) is 11.0 Å². The largest absolute Gasteiger partial charge is 0.313 e. The molecule has 0 fully saturated rings. The molecule has 1 aromatic heterocycles. The molecule has 5 heteroatoms. The molecule has 2 heterocycles. The smallest absolute Gasteiger partial charge is 0.127 e. The van der Waals surface area contributed by atoms with Crippen LogP contribution < -0.4 is 5.32 Å². The molecule has 0 radical (unpaired) electrons. The zero-order valence-electron chi connectivity index (χ0n) is 9.36. The second-order valence-corrected chi connectivity index (χ2v) is 5.01. The van der Waals surface area contributed by atoms with Gasteiger partial charge in [-0.05, 0) is 46.6 Å². The molecule has 1 aliphatic heterocycles. The van der Waals surface area contributed by atoms with Gasteiger partial charge in [-0.25, -0.2) is 0 Å². The maximum Gasteiger partial charge on any atom is 0.127 e. The number of rotatable bonds is 2. The van der Waals surface area contributed by atoms with Gasteiger partial charge >= 0.3 is 0 Å². The van der Waals surface area contributed by atoms with E-state index in [9.17, 15) is 0 Å². The van der Waals surface area contributed by atoms with E-state index in [0.29, 0.717) is 0 Å². The van der Waals surface area contributed by atoms with Gasteiger partial charge in [-0.3, -0.25) is 0 Å². The molecule has 0 saturated heterocycles. The Balaban J connectivity index is 1.90. The molecule has 17 heavy (non-hydrogen) atoms. The van der Waals surface area contributed by atoms with Gasteiger partial charge in [0.05, 0.1) is 6.54 Å². The SMILES string of the molecule is Brc1cccc2nn(CC3=CCNCC3)nc12. The fourth-order valence-electron chi connectivity index (χ4n) is 2.01. The normalized spacial score (nSPS) is 16.2. The third-order valence-electron chi connectivity index (χ3n) is 2.91. The van der Waals surface area contributed by atoms with Crippen molar-refractivity contribution in [2.24, 2.45) is 0 Å². The van der Waals surface area contributed by atoms with Gasteiger partial charge in [-0.1, -0.05) is 12.1 Å². The van der Waals surface area contributed by atoms with Crippen LogP contribution in [0.5, 0.6) is 0 Å². The lowest BCUT2D eigenvalue weighted by molar-refractivity contribution is 0.560. The standard InChI is InChI=1S/C12H13BrN4/c13-10-2-1-3-11-12(10)16-17(15-11)8-9-4-6-14-7-5-9/h1-4,14H,5-8H2. The summed E-state index contributed by atoms with van der Waals surface area (Å²) < 4.78 is 1.00. The third kappa shape index (κ3) is 2.25. The molecular formula is C12H13BrN4. The summed E-state index contributed by atoms with van der Waals surface area (Å²) in [4.78, 5) is 1.78. The van der Waals surface area contributed by atoms with Crippen molar-refractivity contribution in [2.45, 2.75) is 13.0 Å². The molecule has 0 spiro atoms. The Labute approximate surface area is 108 Å². The number of aromatic nitrogens is 3. The van der Waals surface area contributed by atoms with Gasteiger partial charge in [-0.15, -0.1) is 0 Å². The van der Waals surface area contributed by atoms with Crippen LogP contribution in [0.4, 0.5) is 0 Å². The van der Waals surface area contributed by atoms with Crippen LogP contribution in [0.2, 0.25) is 0 Å². The lowest BCUT2D eigenvalue weighted by Crippen LogP contribution is -2.22. The Hall–Kier alpha value is -1.20. The minimum absolute atomic E-state index is 0.794. The fraction of sp³-hybridized carbons (Fsp3) is 0.333. The van der Waals surface area contributed by atoms with E-state index in [1.165, 1.54) is 5.57 Å². The van der Waals surface area contributed by atoms with Crippen LogP contribution in [0.1, 0.15) is 6.42 Å². The van der Waals surface area contributed by atoms with Crippen molar-refractivity contribution in [1.29, 1.82) is 0 Å². The minimum atomic E-state index is 0.794. The molecule has 1 N–H and O–H groups in total. The van der Waals surface area contributed by atoms with Gasteiger partial charge in [-0.2, -0.15) is 15.0 Å². The van der Waals surface area contributed by atoms with Crippen LogP contribution in [-0.2, 0) is 6.54 Å². The predicted octanol–water partition coefficient (Wildman–Crippen LogP) is 2.11. The van der Waals surface area contributed by atoms with Crippen LogP contribution >= 0.6 is 15.9 Å². The third-order valence-corrected chi connectivity index (χ3v) is 3.55. The number of hydrogen-bond acceptors (Lipinski definition) is 3. The first kappa shape index (κ1) is 10.9. The van der Waals surface area contributed by atoms with Crippen molar-refractivity contribution >= 4 is 27.0 Å². The molecule has 0 aliphatic carbocycles. The highest BCUT2D eigenvalue weighted by atomic mass is 79.9. The van der Waals surface area contributed by atoms with E-state index in [1.807, 2.05) is 18.2 Å². The molecule has 0 bridgehead atoms. The lowest BCUT2D eigenvalue weighted by atomic mass is 10.1. The summed E-state index contributed by atoms with van der Waals surface area (Å²) in [5.41, 5.74) is 3.27. The Morgan fingerprint density at radius 2 is 2.29 bits per heavy atom. The molecule has 1 aliphatic rings. The Morgan fingerprint density at radius 1 is 1.35 bits per heavy atom. The highest BCUT2D eigenvalue weighted by Crippen LogP contribution is 2.20. The van der Waals surface area contributed by atoms with E-state index in [0.717, 1.165) is 41.6 Å². The number of fused-ring (bicyclic) bond motifs is 1. The number of nitrogens with zero attached hydrogens (tertiary/aromatic N) is 3. The van der Waals surface area contributed by atoms with Crippen molar-refractivity contribution in [2.75, 3.05) is 13.1 Å². The summed E-state index contributed by atoms with van der Waals surface area (Å²) in [6.07, 6.45) is 3.31. The summed E-state index contributed by atoms with van der Waals surface area (Å²) in [5, 5.41) is 12.3. The van der Waals surface area contributed by atoms with E-state index in [1.54, 1.807) is 4.80 Å². The van der Waals surface area contributed by atoms with Crippen LogP contribution in [-0.4, -0.2) is 28.1 Å². The predicted molar refractivity (Wildman–Crippen MR) is 70.8 cm³/mol. The highest BCUT2D eigenvalue weighted by Gasteiger charge is 2.08. The zero-order chi connectivity index (χ0) is 11.7. The van der Waals surface area contributed by atoms with E-state index in [-0.39, 0.29) is 0 Å². The van der Waals surface area contributed by atoms with E-state index in [2.05, 4.69) is 37.5 Å². The van der Waals surface area contributed by atoms with Crippen molar-refractivity contribution in [1.82, 2.24) is 20.3 Å². The molecule has 88 valence electrons. The molecule has 0 unspecified atom stereocenters. The van der Waals surface area contributed by atoms with Gasteiger partial charge in [0.1, 0.15) is 11.0 Å². The van der Waals surface area contributed by atoms with Crippen molar-refractivity contribution in [3.8, 4) is 0 Å².